The molecular formula is C15H16N6O. The molecule has 1 aliphatic heterocycles. The van der Waals surface area contributed by atoms with E-state index in [0.717, 1.165) is 41.5 Å². The smallest absolute Gasteiger partial charge is 0.163 e. The quantitative estimate of drug-likeness (QED) is 0.726. The maximum atomic E-state index is 5.90. The number of pyridine rings is 1. The number of anilines is 1. The number of nitrogens with zero attached hydrogens (tertiary/aromatic N) is 6. The summed E-state index contributed by atoms with van der Waals surface area (Å²) in [6.45, 7) is 3.52. The first-order valence-corrected chi connectivity index (χ1v) is 7.18. The molecule has 0 N–H and O–H groups in total. The average Bonchev–Trinajstić information content (AvgIpc) is 2.84. The van der Waals surface area contributed by atoms with Gasteiger partial charge in [0.25, 0.3) is 0 Å². The molecule has 1 aliphatic rings. The van der Waals surface area contributed by atoms with Crippen molar-refractivity contribution in [1.82, 2.24) is 24.7 Å². The summed E-state index contributed by atoms with van der Waals surface area (Å²) in [5.74, 6) is 2.54. The Labute approximate surface area is 127 Å². The fourth-order valence-electron chi connectivity index (χ4n) is 2.65. The summed E-state index contributed by atoms with van der Waals surface area (Å²) in [7, 11) is 1.89. The third-order valence-electron chi connectivity index (χ3n) is 3.78. The topological polar surface area (TPSA) is 69.0 Å². The van der Waals surface area contributed by atoms with E-state index in [1.807, 2.05) is 32.3 Å². The lowest BCUT2D eigenvalue weighted by atomic mass is 10.1. The number of ether oxygens (including phenoxy) is 1. The highest BCUT2D eigenvalue weighted by Gasteiger charge is 2.31. The van der Waals surface area contributed by atoms with E-state index in [9.17, 15) is 0 Å². The van der Waals surface area contributed by atoms with Crippen molar-refractivity contribution in [3.05, 3.63) is 36.5 Å². The van der Waals surface area contributed by atoms with E-state index in [1.54, 1.807) is 17.1 Å². The van der Waals surface area contributed by atoms with Gasteiger partial charge in [0, 0.05) is 19.4 Å². The Hall–Kier alpha value is -2.70. The molecule has 0 aromatic carbocycles. The standard InChI is InChI=1S/C15H16N6O/c1-10-18-14-13(7-17-20(14)2)15(19-10)21-8-12(9-21)22-11-3-5-16-6-4-11/h3-7,12H,8-9H2,1-2H3. The van der Waals surface area contributed by atoms with Crippen molar-refractivity contribution < 1.29 is 4.74 Å². The Balaban J connectivity index is 1.53. The summed E-state index contributed by atoms with van der Waals surface area (Å²) in [5, 5.41) is 5.26. The van der Waals surface area contributed by atoms with E-state index in [1.165, 1.54) is 0 Å². The molecule has 4 heterocycles. The van der Waals surface area contributed by atoms with Gasteiger partial charge in [0.15, 0.2) is 5.65 Å². The van der Waals surface area contributed by atoms with Gasteiger partial charge in [0.05, 0.1) is 24.7 Å². The first-order valence-electron chi connectivity index (χ1n) is 7.18. The molecule has 22 heavy (non-hydrogen) atoms. The zero-order valence-corrected chi connectivity index (χ0v) is 12.5. The molecule has 0 bridgehead atoms. The van der Waals surface area contributed by atoms with Crippen molar-refractivity contribution in [1.29, 1.82) is 0 Å². The van der Waals surface area contributed by atoms with Crippen LogP contribution in [0.4, 0.5) is 5.82 Å². The SMILES string of the molecule is Cc1nc(N2CC(Oc3ccncc3)C2)c2cnn(C)c2n1. The molecule has 3 aromatic heterocycles. The van der Waals surface area contributed by atoms with E-state index in [-0.39, 0.29) is 6.10 Å². The molecule has 0 aliphatic carbocycles. The Morgan fingerprint density at radius 2 is 1.95 bits per heavy atom. The van der Waals surface area contributed by atoms with E-state index in [0.29, 0.717) is 0 Å². The summed E-state index contributed by atoms with van der Waals surface area (Å²) < 4.78 is 7.68. The van der Waals surface area contributed by atoms with Crippen LogP contribution in [0.25, 0.3) is 11.0 Å². The molecule has 7 nitrogen and oxygen atoms in total. The zero-order valence-electron chi connectivity index (χ0n) is 12.5. The molecule has 1 fully saturated rings. The Bertz CT molecular complexity index is 810. The average molecular weight is 296 g/mol. The van der Waals surface area contributed by atoms with Gasteiger partial charge in [-0.2, -0.15) is 5.10 Å². The number of hydrogen-bond donors (Lipinski definition) is 0. The lowest BCUT2D eigenvalue weighted by Gasteiger charge is -2.40. The van der Waals surface area contributed by atoms with Crippen LogP contribution in [0.2, 0.25) is 0 Å². The van der Waals surface area contributed by atoms with Crippen LogP contribution in [0.1, 0.15) is 5.82 Å². The van der Waals surface area contributed by atoms with Crippen LogP contribution in [0.5, 0.6) is 5.75 Å². The van der Waals surface area contributed by atoms with Crippen LogP contribution in [0, 0.1) is 6.92 Å². The highest BCUT2D eigenvalue weighted by molar-refractivity contribution is 5.87. The minimum absolute atomic E-state index is 0.171. The predicted molar refractivity (Wildman–Crippen MR) is 81.9 cm³/mol. The molecule has 0 saturated carbocycles. The van der Waals surface area contributed by atoms with Gasteiger partial charge in [-0.15, -0.1) is 0 Å². The van der Waals surface area contributed by atoms with Crippen molar-refractivity contribution in [3.8, 4) is 5.75 Å². The summed E-state index contributed by atoms with van der Waals surface area (Å²) in [5.41, 5.74) is 0.862. The van der Waals surface area contributed by atoms with Crippen LogP contribution in [0.3, 0.4) is 0 Å². The minimum Gasteiger partial charge on any atom is -0.487 e. The molecule has 3 aromatic rings. The summed E-state index contributed by atoms with van der Waals surface area (Å²) in [6.07, 6.45) is 5.46. The van der Waals surface area contributed by atoms with Gasteiger partial charge >= 0.3 is 0 Å². The fraction of sp³-hybridized carbons (Fsp3) is 0.333. The van der Waals surface area contributed by atoms with Crippen molar-refractivity contribution >= 4 is 16.9 Å². The Morgan fingerprint density at radius 3 is 2.73 bits per heavy atom. The van der Waals surface area contributed by atoms with Crippen LogP contribution in [0.15, 0.2) is 30.7 Å². The molecule has 0 amide bonds. The number of aromatic nitrogens is 5. The second kappa shape index (κ2) is 4.94. The molecule has 1 saturated heterocycles. The van der Waals surface area contributed by atoms with Gasteiger partial charge in [-0.25, -0.2) is 9.97 Å². The van der Waals surface area contributed by atoms with Crippen LogP contribution >= 0.6 is 0 Å². The maximum Gasteiger partial charge on any atom is 0.163 e. The van der Waals surface area contributed by atoms with Crippen LogP contribution in [-0.2, 0) is 7.05 Å². The first kappa shape index (κ1) is 13.0. The van der Waals surface area contributed by atoms with E-state index >= 15 is 0 Å². The molecule has 0 unspecified atom stereocenters. The fourth-order valence-corrected chi connectivity index (χ4v) is 2.65. The van der Waals surface area contributed by atoms with Crippen LogP contribution < -0.4 is 9.64 Å². The molecular weight excluding hydrogens is 280 g/mol. The summed E-state index contributed by atoms with van der Waals surface area (Å²) >= 11 is 0. The Morgan fingerprint density at radius 1 is 1.18 bits per heavy atom. The number of aryl methyl sites for hydroxylation is 2. The third kappa shape index (κ3) is 2.14. The first-order chi connectivity index (χ1) is 10.7. The van der Waals surface area contributed by atoms with E-state index in [4.69, 9.17) is 4.74 Å². The largest absolute Gasteiger partial charge is 0.487 e. The van der Waals surface area contributed by atoms with Crippen molar-refractivity contribution in [2.24, 2.45) is 7.05 Å². The highest BCUT2D eigenvalue weighted by atomic mass is 16.5. The van der Waals surface area contributed by atoms with Crippen molar-refractivity contribution in [2.75, 3.05) is 18.0 Å². The van der Waals surface area contributed by atoms with Gasteiger partial charge in [0.1, 0.15) is 23.5 Å². The molecule has 112 valence electrons. The second-order valence-corrected chi connectivity index (χ2v) is 5.43. The maximum absolute atomic E-state index is 5.90. The van der Waals surface area contributed by atoms with Gasteiger partial charge < -0.3 is 9.64 Å². The zero-order chi connectivity index (χ0) is 15.1. The highest BCUT2D eigenvalue weighted by Crippen LogP contribution is 2.28. The van der Waals surface area contributed by atoms with Gasteiger partial charge in [-0.3, -0.25) is 9.67 Å². The molecule has 0 radical (unpaired) electrons. The second-order valence-electron chi connectivity index (χ2n) is 5.43. The van der Waals surface area contributed by atoms with Gasteiger partial charge in [-0.1, -0.05) is 0 Å². The molecule has 0 atom stereocenters. The van der Waals surface area contributed by atoms with Crippen molar-refractivity contribution in [2.45, 2.75) is 13.0 Å². The lowest BCUT2D eigenvalue weighted by Crippen LogP contribution is -2.54. The minimum atomic E-state index is 0.171. The number of rotatable bonds is 3. The van der Waals surface area contributed by atoms with Crippen molar-refractivity contribution in [3.63, 3.8) is 0 Å². The predicted octanol–water partition coefficient (Wildman–Crippen LogP) is 1.33. The summed E-state index contributed by atoms with van der Waals surface area (Å²) in [6, 6.07) is 3.74. The van der Waals surface area contributed by atoms with E-state index in [2.05, 4.69) is 25.0 Å². The number of fused-ring (bicyclic) bond motifs is 1. The summed E-state index contributed by atoms with van der Waals surface area (Å²) in [4.78, 5) is 15.2. The monoisotopic (exact) mass is 296 g/mol. The van der Waals surface area contributed by atoms with E-state index < -0.39 is 0 Å². The molecule has 0 spiro atoms. The Kier molecular flexibility index (Phi) is 2.92. The molecule has 7 heteroatoms. The third-order valence-corrected chi connectivity index (χ3v) is 3.78. The molecule has 4 rings (SSSR count). The number of hydrogen-bond acceptors (Lipinski definition) is 6. The van der Waals surface area contributed by atoms with Crippen LogP contribution in [-0.4, -0.2) is 43.9 Å². The normalized spacial score (nSPS) is 15.1. The van der Waals surface area contributed by atoms with Gasteiger partial charge in [0.2, 0.25) is 0 Å². The van der Waals surface area contributed by atoms with Gasteiger partial charge in [-0.05, 0) is 19.1 Å². The lowest BCUT2D eigenvalue weighted by molar-refractivity contribution is 0.167.